The lowest BCUT2D eigenvalue weighted by Gasteiger charge is -2.06. The normalized spacial score (nSPS) is 10.4. The molecule has 0 aliphatic carbocycles. The van der Waals surface area contributed by atoms with E-state index in [-0.39, 0.29) is 11.4 Å². The summed E-state index contributed by atoms with van der Waals surface area (Å²) in [7, 11) is 0. The number of fused-ring (bicyclic) bond motifs is 1. The number of benzene rings is 1. The second-order valence-electron chi connectivity index (χ2n) is 3.84. The minimum atomic E-state index is -0.991. The van der Waals surface area contributed by atoms with Gasteiger partial charge >= 0.3 is 5.97 Å². The maximum Gasteiger partial charge on any atom is 0.335 e. The third-order valence-corrected chi connectivity index (χ3v) is 2.55. The van der Waals surface area contributed by atoms with E-state index in [0.29, 0.717) is 16.9 Å². The lowest BCUT2D eigenvalue weighted by molar-refractivity contribution is 0.0697. The zero-order valence-electron chi connectivity index (χ0n) is 10.1. The average molecular weight is 268 g/mol. The third kappa shape index (κ3) is 2.24. The highest BCUT2D eigenvalue weighted by Gasteiger charge is 2.08. The van der Waals surface area contributed by atoms with Crippen LogP contribution in [0.15, 0.2) is 43.0 Å². The molecule has 7 heteroatoms. The zero-order valence-corrected chi connectivity index (χ0v) is 10.1. The Morgan fingerprint density at radius 2 is 1.75 bits per heavy atom. The van der Waals surface area contributed by atoms with Crippen molar-refractivity contribution in [2.75, 3.05) is 0 Å². The van der Waals surface area contributed by atoms with Gasteiger partial charge in [-0.15, -0.1) is 0 Å². The molecule has 0 aliphatic heterocycles. The van der Waals surface area contributed by atoms with Gasteiger partial charge in [-0.3, -0.25) is 0 Å². The van der Waals surface area contributed by atoms with E-state index in [1.807, 2.05) is 0 Å². The van der Waals surface area contributed by atoms with Crippen molar-refractivity contribution < 1.29 is 14.6 Å². The van der Waals surface area contributed by atoms with Crippen LogP contribution in [0.1, 0.15) is 10.4 Å². The summed E-state index contributed by atoms with van der Waals surface area (Å²) in [6.07, 6.45) is 4.38. The summed E-state index contributed by atoms with van der Waals surface area (Å²) in [6, 6.07) is 6.00. The quantitative estimate of drug-likeness (QED) is 0.774. The Kier molecular flexibility index (Phi) is 2.92. The monoisotopic (exact) mass is 268 g/mol. The van der Waals surface area contributed by atoms with Crippen molar-refractivity contribution in [2.45, 2.75) is 0 Å². The van der Waals surface area contributed by atoms with Crippen molar-refractivity contribution in [3.63, 3.8) is 0 Å². The summed E-state index contributed by atoms with van der Waals surface area (Å²) in [6.45, 7) is 0. The van der Waals surface area contributed by atoms with Gasteiger partial charge in [-0.05, 0) is 24.3 Å². The molecule has 2 heterocycles. The molecule has 0 saturated heterocycles. The predicted octanol–water partition coefficient (Wildman–Crippen LogP) is 1.91. The molecule has 0 fully saturated rings. The van der Waals surface area contributed by atoms with Crippen molar-refractivity contribution in [2.24, 2.45) is 0 Å². The Bertz CT molecular complexity index is 769. The Morgan fingerprint density at radius 1 is 1.00 bits per heavy atom. The Hall–Kier alpha value is -3.09. The van der Waals surface area contributed by atoms with Gasteiger partial charge in [-0.2, -0.15) is 4.98 Å². The number of rotatable bonds is 3. The summed E-state index contributed by atoms with van der Waals surface area (Å²) in [5.74, 6) is -0.262. The maximum atomic E-state index is 10.8. The molecule has 0 radical (unpaired) electrons. The van der Waals surface area contributed by atoms with Crippen LogP contribution < -0.4 is 4.74 Å². The molecular weight excluding hydrogens is 260 g/mol. The van der Waals surface area contributed by atoms with E-state index in [1.54, 1.807) is 12.1 Å². The molecule has 0 bridgehead atoms. The van der Waals surface area contributed by atoms with E-state index >= 15 is 0 Å². The Balaban J connectivity index is 1.95. The molecule has 98 valence electrons. The maximum absolute atomic E-state index is 10.8. The highest BCUT2D eigenvalue weighted by molar-refractivity contribution is 5.87. The van der Waals surface area contributed by atoms with Gasteiger partial charge in [0.05, 0.1) is 5.56 Å². The molecule has 1 aromatic carbocycles. The number of nitrogens with zero attached hydrogens (tertiary/aromatic N) is 4. The molecule has 0 aliphatic rings. The predicted molar refractivity (Wildman–Crippen MR) is 68.6 cm³/mol. The lowest BCUT2D eigenvalue weighted by Crippen LogP contribution is -1.97. The van der Waals surface area contributed by atoms with E-state index in [1.165, 1.54) is 30.9 Å². The molecule has 0 atom stereocenters. The average Bonchev–Trinajstić information content (AvgIpc) is 2.48. The van der Waals surface area contributed by atoms with Crippen LogP contribution in [0.3, 0.4) is 0 Å². The van der Waals surface area contributed by atoms with E-state index in [2.05, 4.69) is 19.9 Å². The van der Waals surface area contributed by atoms with Crippen LogP contribution in [0.4, 0.5) is 0 Å². The number of hydrogen-bond donors (Lipinski definition) is 1. The Morgan fingerprint density at radius 3 is 2.50 bits per heavy atom. The molecule has 2 aromatic heterocycles. The van der Waals surface area contributed by atoms with Crippen molar-refractivity contribution in [1.29, 1.82) is 0 Å². The highest BCUT2D eigenvalue weighted by atomic mass is 16.5. The number of hydrogen-bond acceptors (Lipinski definition) is 6. The van der Waals surface area contributed by atoms with Crippen LogP contribution in [0.2, 0.25) is 0 Å². The standard InChI is InChI=1S/C13H8N4O3/c18-13(19)8-1-3-9(4-2-8)20-12-10-11(16-7-17-12)15-6-5-14-10/h1-7H,(H,18,19). The first-order valence-electron chi connectivity index (χ1n) is 5.67. The SMILES string of the molecule is O=C(O)c1ccc(Oc2ncnc3nccnc23)cc1. The topological polar surface area (TPSA) is 98.1 Å². The van der Waals surface area contributed by atoms with E-state index in [0.717, 1.165) is 0 Å². The lowest BCUT2D eigenvalue weighted by atomic mass is 10.2. The second kappa shape index (κ2) is 4.88. The smallest absolute Gasteiger partial charge is 0.335 e. The summed E-state index contributed by atoms with van der Waals surface area (Å²) in [4.78, 5) is 26.9. The van der Waals surface area contributed by atoms with Crippen LogP contribution in [0.5, 0.6) is 11.6 Å². The van der Waals surface area contributed by atoms with Crippen LogP contribution in [0, 0.1) is 0 Å². The van der Waals surface area contributed by atoms with Crippen LogP contribution in [0.25, 0.3) is 11.2 Å². The molecule has 0 unspecified atom stereocenters. The summed E-state index contributed by atoms with van der Waals surface area (Å²) >= 11 is 0. The fourth-order valence-electron chi connectivity index (χ4n) is 1.63. The molecule has 7 nitrogen and oxygen atoms in total. The molecule has 20 heavy (non-hydrogen) atoms. The number of carbonyl (C=O) groups is 1. The van der Waals surface area contributed by atoms with Crippen LogP contribution in [-0.4, -0.2) is 31.0 Å². The van der Waals surface area contributed by atoms with Crippen molar-refractivity contribution in [3.05, 3.63) is 48.5 Å². The second-order valence-corrected chi connectivity index (χ2v) is 3.84. The van der Waals surface area contributed by atoms with Crippen LogP contribution in [-0.2, 0) is 0 Å². The number of carboxylic acid groups (broad SMARTS) is 1. The van der Waals surface area contributed by atoms with Gasteiger partial charge in [0.2, 0.25) is 0 Å². The molecule has 0 spiro atoms. The van der Waals surface area contributed by atoms with Gasteiger partial charge < -0.3 is 9.84 Å². The third-order valence-electron chi connectivity index (χ3n) is 2.55. The van der Waals surface area contributed by atoms with Crippen molar-refractivity contribution in [3.8, 4) is 11.6 Å². The van der Waals surface area contributed by atoms with Gasteiger partial charge in [-0.1, -0.05) is 0 Å². The van der Waals surface area contributed by atoms with Crippen LogP contribution >= 0.6 is 0 Å². The minimum Gasteiger partial charge on any atom is -0.478 e. The summed E-state index contributed by atoms with van der Waals surface area (Å²) in [5.41, 5.74) is 1.06. The molecular formula is C13H8N4O3. The highest BCUT2D eigenvalue weighted by Crippen LogP contribution is 2.24. The molecule has 0 amide bonds. The first-order valence-corrected chi connectivity index (χ1v) is 5.67. The van der Waals surface area contributed by atoms with Gasteiger partial charge in [0, 0.05) is 12.4 Å². The minimum absolute atomic E-state index is 0.185. The number of aromatic carboxylic acids is 1. The van der Waals surface area contributed by atoms with Crippen molar-refractivity contribution >= 4 is 17.1 Å². The fourth-order valence-corrected chi connectivity index (χ4v) is 1.63. The number of ether oxygens (including phenoxy) is 1. The first kappa shape index (κ1) is 12.0. The summed E-state index contributed by atoms with van der Waals surface area (Å²) in [5, 5.41) is 8.83. The number of carboxylic acids is 1. The fraction of sp³-hybridized carbons (Fsp3) is 0. The van der Waals surface area contributed by atoms with E-state index < -0.39 is 5.97 Å². The van der Waals surface area contributed by atoms with Gasteiger partial charge in [-0.25, -0.2) is 19.7 Å². The Labute approximate surface area is 112 Å². The van der Waals surface area contributed by atoms with Gasteiger partial charge in [0.25, 0.3) is 5.88 Å². The molecule has 1 N–H and O–H groups in total. The molecule has 0 saturated carbocycles. The van der Waals surface area contributed by atoms with E-state index in [9.17, 15) is 4.79 Å². The number of aromatic nitrogens is 4. The summed E-state index contributed by atoms with van der Waals surface area (Å²) < 4.78 is 5.58. The van der Waals surface area contributed by atoms with Crippen molar-refractivity contribution in [1.82, 2.24) is 19.9 Å². The largest absolute Gasteiger partial charge is 0.478 e. The molecule has 3 rings (SSSR count). The van der Waals surface area contributed by atoms with E-state index in [4.69, 9.17) is 9.84 Å². The van der Waals surface area contributed by atoms with Gasteiger partial charge in [0.1, 0.15) is 12.1 Å². The van der Waals surface area contributed by atoms with Gasteiger partial charge in [0.15, 0.2) is 11.2 Å². The first-order chi connectivity index (χ1) is 9.74. The zero-order chi connectivity index (χ0) is 13.9. The molecule has 3 aromatic rings.